The van der Waals surface area contributed by atoms with Crippen molar-refractivity contribution in [3.05, 3.63) is 36.8 Å². The molecular formula is C12H10N4O. The summed E-state index contributed by atoms with van der Waals surface area (Å²) < 4.78 is 5.10. The van der Waals surface area contributed by atoms with Gasteiger partial charge in [-0.2, -0.15) is 5.10 Å². The summed E-state index contributed by atoms with van der Waals surface area (Å²) in [4.78, 5) is 8.37. The summed E-state index contributed by atoms with van der Waals surface area (Å²) in [5.74, 6) is 0.592. The minimum atomic E-state index is 0.592. The van der Waals surface area contributed by atoms with E-state index >= 15 is 0 Å². The molecule has 0 atom stereocenters. The smallest absolute Gasteiger partial charge is 0.213 e. The van der Waals surface area contributed by atoms with Gasteiger partial charge in [-0.15, -0.1) is 0 Å². The zero-order chi connectivity index (χ0) is 11.7. The number of fused-ring (bicyclic) bond motifs is 1. The summed E-state index contributed by atoms with van der Waals surface area (Å²) in [6.07, 6.45) is 5.27. The minimum absolute atomic E-state index is 0.592. The van der Waals surface area contributed by atoms with Crippen LogP contribution in [0.15, 0.2) is 36.8 Å². The molecule has 5 heteroatoms. The highest BCUT2D eigenvalue weighted by Gasteiger charge is 2.03. The van der Waals surface area contributed by atoms with E-state index in [-0.39, 0.29) is 0 Å². The Bertz CT molecular complexity index is 662. The second-order valence-electron chi connectivity index (χ2n) is 3.62. The van der Waals surface area contributed by atoms with E-state index < -0.39 is 0 Å². The van der Waals surface area contributed by atoms with Crippen LogP contribution in [0.5, 0.6) is 5.88 Å². The van der Waals surface area contributed by atoms with Crippen LogP contribution < -0.4 is 4.74 Å². The molecule has 3 aromatic rings. The van der Waals surface area contributed by atoms with Crippen molar-refractivity contribution in [3.8, 4) is 17.0 Å². The van der Waals surface area contributed by atoms with E-state index in [0.717, 1.165) is 22.2 Å². The first kappa shape index (κ1) is 9.77. The molecule has 3 heterocycles. The Morgan fingerprint density at radius 1 is 1.12 bits per heavy atom. The Hall–Kier alpha value is -2.43. The maximum absolute atomic E-state index is 5.10. The summed E-state index contributed by atoms with van der Waals surface area (Å²) in [6.45, 7) is 0. The molecule has 0 fully saturated rings. The lowest BCUT2D eigenvalue weighted by Gasteiger charge is -2.03. The van der Waals surface area contributed by atoms with E-state index in [2.05, 4.69) is 20.2 Å². The van der Waals surface area contributed by atoms with Crippen LogP contribution in [0.2, 0.25) is 0 Å². The highest BCUT2D eigenvalue weighted by molar-refractivity contribution is 5.80. The maximum Gasteiger partial charge on any atom is 0.213 e. The lowest BCUT2D eigenvalue weighted by atomic mass is 10.1. The lowest BCUT2D eigenvalue weighted by Crippen LogP contribution is -1.88. The zero-order valence-electron chi connectivity index (χ0n) is 9.21. The van der Waals surface area contributed by atoms with E-state index in [9.17, 15) is 0 Å². The van der Waals surface area contributed by atoms with Crippen molar-refractivity contribution in [2.45, 2.75) is 0 Å². The molecule has 0 aliphatic heterocycles. The normalized spacial score (nSPS) is 10.6. The van der Waals surface area contributed by atoms with Crippen molar-refractivity contribution in [1.29, 1.82) is 0 Å². The second-order valence-corrected chi connectivity index (χ2v) is 3.62. The molecule has 0 saturated carbocycles. The van der Waals surface area contributed by atoms with Gasteiger partial charge in [-0.1, -0.05) is 0 Å². The van der Waals surface area contributed by atoms with Crippen molar-refractivity contribution in [3.63, 3.8) is 0 Å². The van der Waals surface area contributed by atoms with Crippen molar-refractivity contribution >= 4 is 11.0 Å². The molecule has 3 rings (SSSR count). The molecule has 0 aliphatic carbocycles. The van der Waals surface area contributed by atoms with Crippen LogP contribution in [0.3, 0.4) is 0 Å². The summed E-state index contributed by atoms with van der Waals surface area (Å²) in [5, 5.41) is 7.75. The number of nitrogens with zero attached hydrogens (tertiary/aromatic N) is 3. The van der Waals surface area contributed by atoms with Gasteiger partial charge in [0.05, 0.1) is 13.3 Å². The predicted octanol–water partition coefficient (Wildman–Crippen LogP) is 2.03. The summed E-state index contributed by atoms with van der Waals surface area (Å²) in [7, 11) is 1.60. The number of ether oxygens (including phenoxy) is 1. The van der Waals surface area contributed by atoms with Gasteiger partial charge in [0, 0.05) is 29.4 Å². The quantitative estimate of drug-likeness (QED) is 0.726. The molecule has 84 valence electrons. The maximum atomic E-state index is 5.10. The van der Waals surface area contributed by atoms with Crippen molar-refractivity contribution in [1.82, 2.24) is 20.2 Å². The van der Waals surface area contributed by atoms with Crippen LogP contribution in [0.25, 0.3) is 22.2 Å². The average Bonchev–Trinajstić information content (AvgIpc) is 2.86. The fourth-order valence-electron chi connectivity index (χ4n) is 1.70. The van der Waals surface area contributed by atoms with Crippen molar-refractivity contribution in [2.24, 2.45) is 0 Å². The van der Waals surface area contributed by atoms with Crippen LogP contribution in [-0.2, 0) is 0 Å². The molecule has 0 radical (unpaired) electrons. The predicted molar refractivity (Wildman–Crippen MR) is 63.7 cm³/mol. The molecule has 0 unspecified atom stereocenters. The summed E-state index contributed by atoms with van der Waals surface area (Å²) >= 11 is 0. The Morgan fingerprint density at radius 2 is 2.06 bits per heavy atom. The number of hydrogen-bond acceptors (Lipinski definition) is 4. The molecule has 0 aromatic carbocycles. The molecule has 0 amide bonds. The van der Waals surface area contributed by atoms with Gasteiger partial charge >= 0.3 is 0 Å². The first-order valence-electron chi connectivity index (χ1n) is 5.16. The minimum Gasteiger partial charge on any atom is -0.481 e. The van der Waals surface area contributed by atoms with Gasteiger partial charge in [0.2, 0.25) is 5.88 Å². The fourth-order valence-corrected chi connectivity index (χ4v) is 1.70. The standard InChI is InChI=1S/C12H10N4O/c1-17-11-5-8(2-3-13-11)9-4-10-7-15-16-12(10)14-6-9/h2-7H,1H3,(H,14,15,16). The fraction of sp³-hybridized carbons (Fsp3) is 0.0833. The molecule has 0 aliphatic rings. The van der Waals surface area contributed by atoms with E-state index in [1.165, 1.54) is 0 Å². The molecule has 3 aromatic heterocycles. The Labute approximate surface area is 97.5 Å². The molecule has 5 nitrogen and oxygen atoms in total. The van der Waals surface area contributed by atoms with Gasteiger partial charge in [-0.3, -0.25) is 5.10 Å². The van der Waals surface area contributed by atoms with Crippen LogP contribution in [0, 0.1) is 0 Å². The van der Waals surface area contributed by atoms with Crippen molar-refractivity contribution < 1.29 is 4.74 Å². The molecule has 0 bridgehead atoms. The first-order chi connectivity index (χ1) is 8.36. The van der Waals surface area contributed by atoms with Gasteiger partial charge in [0.25, 0.3) is 0 Å². The largest absolute Gasteiger partial charge is 0.481 e. The van der Waals surface area contributed by atoms with Gasteiger partial charge in [0.1, 0.15) is 0 Å². The monoisotopic (exact) mass is 226 g/mol. The Kier molecular flexibility index (Phi) is 2.22. The van der Waals surface area contributed by atoms with Gasteiger partial charge in [-0.25, -0.2) is 9.97 Å². The summed E-state index contributed by atoms with van der Waals surface area (Å²) in [5.41, 5.74) is 2.82. The van der Waals surface area contributed by atoms with E-state index in [0.29, 0.717) is 5.88 Å². The number of pyridine rings is 2. The van der Waals surface area contributed by atoms with Gasteiger partial charge in [-0.05, 0) is 17.7 Å². The molecule has 17 heavy (non-hydrogen) atoms. The van der Waals surface area contributed by atoms with E-state index in [1.807, 2.05) is 18.2 Å². The molecule has 0 saturated heterocycles. The highest BCUT2D eigenvalue weighted by atomic mass is 16.5. The third kappa shape index (κ3) is 1.71. The molecule has 0 spiro atoms. The van der Waals surface area contributed by atoms with Gasteiger partial charge in [0.15, 0.2) is 5.65 Å². The van der Waals surface area contributed by atoms with Crippen LogP contribution in [0.4, 0.5) is 0 Å². The Balaban J connectivity index is 2.12. The third-order valence-corrected chi connectivity index (χ3v) is 2.57. The van der Waals surface area contributed by atoms with E-state index in [4.69, 9.17) is 4.74 Å². The lowest BCUT2D eigenvalue weighted by molar-refractivity contribution is 0.398. The van der Waals surface area contributed by atoms with Gasteiger partial charge < -0.3 is 4.74 Å². The number of nitrogens with one attached hydrogen (secondary N) is 1. The topological polar surface area (TPSA) is 63.7 Å². The molecular weight excluding hydrogens is 216 g/mol. The number of rotatable bonds is 2. The summed E-state index contributed by atoms with van der Waals surface area (Å²) in [6, 6.07) is 5.83. The highest BCUT2D eigenvalue weighted by Crippen LogP contribution is 2.23. The van der Waals surface area contributed by atoms with Crippen molar-refractivity contribution in [2.75, 3.05) is 7.11 Å². The number of aromatic nitrogens is 4. The number of methoxy groups -OCH3 is 1. The zero-order valence-corrected chi connectivity index (χ0v) is 9.21. The average molecular weight is 226 g/mol. The second kappa shape index (κ2) is 3.86. The van der Waals surface area contributed by atoms with E-state index in [1.54, 1.807) is 25.7 Å². The number of aromatic amines is 1. The number of H-pyrrole nitrogens is 1. The van der Waals surface area contributed by atoms with Crippen LogP contribution in [0.1, 0.15) is 0 Å². The third-order valence-electron chi connectivity index (χ3n) is 2.57. The van der Waals surface area contributed by atoms with Crippen LogP contribution in [-0.4, -0.2) is 27.3 Å². The number of hydrogen-bond donors (Lipinski definition) is 1. The molecule has 1 N–H and O–H groups in total. The SMILES string of the molecule is COc1cc(-c2cnc3[nH]ncc3c2)ccn1. The first-order valence-corrected chi connectivity index (χ1v) is 5.16. The van der Waals surface area contributed by atoms with Crippen LogP contribution >= 0.6 is 0 Å². The Morgan fingerprint density at radius 3 is 2.94 bits per heavy atom.